The Kier molecular flexibility index (Phi) is 4.33. The van der Waals surface area contributed by atoms with Gasteiger partial charge in [-0.3, -0.25) is 4.98 Å². The molecule has 0 radical (unpaired) electrons. The third-order valence-corrected chi connectivity index (χ3v) is 3.70. The molecule has 2 aromatic rings. The molecule has 0 aliphatic rings. The van der Waals surface area contributed by atoms with Gasteiger partial charge in [-0.1, -0.05) is 31.2 Å². The molecule has 2 nitrogen and oxygen atoms in total. The molecule has 0 amide bonds. The van der Waals surface area contributed by atoms with Gasteiger partial charge in [0.05, 0.1) is 6.10 Å². The van der Waals surface area contributed by atoms with Gasteiger partial charge in [-0.15, -0.1) is 0 Å². The highest BCUT2D eigenvalue weighted by Gasteiger charge is 2.12. The summed E-state index contributed by atoms with van der Waals surface area (Å²) < 4.78 is 0. The van der Waals surface area contributed by atoms with Crippen LogP contribution in [0.2, 0.25) is 0 Å². The Morgan fingerprint density at radius 2 is 1.95 bits per heavy atom. The lowest BCUT2D eigenvalue weighted by Gasteiger charge is -2.15. The summed E-state index contributed by atoms with van der Waals surface area (Å²) in [5, 5.41) is 10.4. The van der Waals surface area contributed by atoms with E-state index < -0.39 is 6.10 Å². The lowest BCUT2D eigenvalue weighted by molar-refractivity contribution is 0.176. The first-order valence-corrected chi connectivity index (χ1v) is 6.79. The molecule has 1 N–H and O–H groups in total. The summed E-state index contributed by atoms with van der Waals surface area (Å²) in [5.74, 6) is 0. The molecule has 19 heavy (non-hydrogen) atoms. The lowest BCUT2D eigenvalue weighted by Crippen LogP contribution is -2.06. The molecule has 0 bridgehead atoms. The number of aliphatic hydroxyl groups excluding tert-OH is 1. The fourth-order valence-electron chi connectivity index (χ4n) is 2.23. The van der Waals surface area contributed by atoms with Gasteiger partial charge in [0.15, 0.2) is 0 Å². The molecular weight excluding hydrogens is 234 g/mol. The van der Waals surface area contributed by atoms with E-state index >= 15 is 0 Å². The molecule has 100 valence electrons. The van der Waals surface area contributed by atoms with Crippen molar-refractivity contribution in [3.8, 4) is 0 Å². The SMILES string of the molecule is CCc1ccc(CC(O)c2cccc(C)c2C)nc1. The van der Waals surface area contributed by atoms with Crippen LogP contribution >= 0.6 is 0 Å². The topological polar surface area (TPSA) is 33.1 Å². The second kappa shape index (κ2) is 5.98. The van der Waals surface area contributed by atoms with Gasteiger partial charge in [-0.2, -0.15) is 0 Å². The fourth-order valence-corrected chi connectivity index (χ4v) is 2.23. The molecule has 0 aliphatic heterocycles. The zero-order chi connectivity index (χ0) is 13.8. The maximum Gasteiger partial charge on any atom is 0.0848 e. The van der Waals surface area contributed by atoms with Crippen molar-refractivity contribution in [2.24, 2.45) is 0 Å². The molecule has 2 rings (SSSR count). The van der Waals surface area contributed by atoms with Crippen LogP contribution in [0.1, 0.15) is 41.0 Å². The van der Waals surface area contributed by atoms with Crippen molar-refractivity contribution in [2.75, 3.05) is 0 Å². The Hall–Kier alpha value is -1.67. The molecule has 0 aliphatic carbocycles. The molecule has 1 aromatic heterocycles. The van der Waals surface area contributed by atoms with Crippen LogP contribution in [0.5, 0.6) is 0 Å². The monoisotopic (exact) mass is 255 g/mol. The third kappa shape index (κ3) is 3.21. The fraction of sp³-hybridized carbons (Fsp3) is 0.353. The second-order valence-electron chi connectivity index (χ2n) is 5.02. The van der Waals surface area contributed by atoms with E-state index in [1.165, 1.54) is 16.7 Å². The minimum atomic E-state index is -0.486. The standard InChI is InChI=1S/C17H21NO/c1-4-14-8-9-15(18-11-14)10-17(19)16-7-5-6-12(2)13(16)3/h5-9,11,17,19H,4,10H2,1-3H3. The smallest absolute Gasteiger partial charge is 0.0848 e. The Morgan fingerprint density at radius 3 is 2.58 bits per heavy atom. The van der Waals surface area contributed by atoms with Crippen molar-refractivity contribution >= 4 is 0 Å². The highest BCUT2D eigenvalue weighted by atomic mass is 16.3. The van der Waals surface area contributed by atoms with Gasteiger partial charge in [-0.05, 0) is 48.6 Å². The van der Waals surface area contributed by atoms with Crippen molar-refractivity contribution in [1.82, 2.24) is 4.98 Å². The minimum absolute atomic E-state index is 0.486. The quantitative estimate of drug-likeness (QED) is 0.906. The predicted octanol–water partition coefficient (Wildman–Crippen LogP) is 3.54. The number of benzene rings is 1. The van der Waals surface area contributed by atoms with Crippen molar-refractivity contribution in [2.45, 2.75) is 39.7 Å². The van der Waals surface area contributed by atoms with E-state index in [1.54, 1.807) is 0 Å². The van der Waals surface area contributed by atoms with E-state index in [-0.39, 0.29) is 0 Å². The van der Waals surface area contributed by atoms with Crippen molar-refractivity contribution < 1.29 is 5.11 Å². The molecule has 0 saturated heterocycles. The lowest BCUT2D eigenvalue weighted by atomic mass is 9.96. The maximum absolute atomic E-state index is 10.4. The largest absolute Gasteiger partial charge is 0.388 e. The molecule has 1 unspecified atom stereocenters. The van der Waals surface area contributed by atoms with E-state index in [1.807, 2.05) is 24.4 Å². The Morgan fingerprint density at radius 1 is 1.16 bits per heavy atom. The van der Waals surface area contributed by atoms with Gasteiger partial charge < -0.3 is 5.11 Å². The van der Waals surface area contributed by atoms with Crippen molar-refractivity contribution in [1.29, 1.82) is 0 Å². The highest BCUT2D eigenvalue weighted by molar-refractivity contribution is 5.35. The first kappa shape index (κ1) is 13.8. The second-order valence-corrected chi connectivity index (χ2v) is 5.02. The number of hydrogen-bond donors (Lipinski definition) is 1. The summed E-state index contributed by atoms with van der Waals surface area (Å²) in [5.41, 5.74) is 5.54. The first-order valence-electron chi connectivity index (χ1n) is 6.79. The van der Waals surface area contributed by atoms with E-state index in [0.29, 0.717) is 6.42 Å². The van der Waals surface area contributed by atoms with Crippen LogP contribution in [0.3, 0.4) is 0 Å². The van der Waals surface area contributed by atoms with Gasteiger partial charge in [0.1, 0.15) is 0 Å². The summed E-state index contributed by atoms with van der Waals surface area (Å²) in [6, 6.07) is 10.1. The zero-order valence-corrected chi connectivity index (χ0v) is 11.9. The van der Waals surface area contributed by atoms with E-state index in [2.05, 4.69) is 37.9 Å². The number of aliphatic hydroxyl groups is 1. The zero-order valence-electron chi connectivity index (χ0n) is 11.9. The summed E-state index contributed by atoms with van der Waals surface area (Å²) >= 11 is 0. The predicted molar refractivity (Wildman–Crippen MR) is 78.2 cm³/mol. The van der Waals surface area contributed by atoms with Gasteiger partial charge in [0, 0.05) is 18.3 Å². The molecule has 1 aromatic carbocycles. The van der Waals surface area contributed by atoms with Gasteiger partial charge in [0.2, 0.25) is 0 Å². The Bertz CT molecular complexity index is 546. The van der Waals surface area contributed by atoms with Crippen LogP contribution in [0.4, 0.5) is 0 Å². The van der Waals surface area contributed by atoms with Gasteiger partial charge >= 0.3 is 0 Å². The van der Waals surface area contributed by atoms with E-state index in [0.717, 1.165) is 17.7 Å². The first-order chi connectivity index (χ1) is 9.11. The summed E-state index contributed by atoms with van der Waals surface area (Å²) in [4.78, 5) is 4.41. The molecule has 1 atom stereocenters. The number of pyridine rings is 1. The number of hydrogen-bond acceptors (Lipinski definition) is 2. The summed E-state index contributed by atoms with van der Waals surface area (Å²) in [7, 11) is 0. The molecule has 0 fully saturated rings. The van der Waals surface area contributed by atoms with E-state index in [4.69, 9.17) is 0 Å². The van der Waals surface area contributed by atoms with Crippen LogP contribution in [-0.4, -0.2) is 10.1 Å². The van der Waals surface area contributed by atoms with Crippen molar-refractivity contribution in [3.63, 3.8) is 0 Å². The number of rotatable bonds is 4. The van der Waals surface area contributed by atoms with Crippen LogP contribution in [0.15, 0.2) is 36.5 Å². The molecule has 2 heteroatoms. The highest BCUT2D eigenvalue weighted by Crippen LogP contribution is 2.23. The van der Waals surface area contributed by atoms with Crippen LogP contribution < -0.4 is 0 Å². The average Bonchev–Trinajstić information content (AvgIpc) is 2.42. The maximum atomic E-state index is 10.4. The van der Waals surface area contributed by atoms with Crippen LogP contribution in [0, 0.1) is 13.8 Å². The summed E-state index contributed by atoms with van der Waals surface area (Å²) in [6.07, 6.45) is 2.96. The molecule has 1 heterocycles. The van der Waals surface area contributed by atoms with E-state index in [9.17, 15) is 5.11 Å². The number of aromatic nitrogens is 1. The average molecular weight is 255 g/mol. The molecule has 0 spiro atoms. The Labute approximate surface area is 115 Å². The molecular formula is C17H21NO. The minimum Gasteiger partial charge on any atom is -0.388 e. The summed E-state index contributed by atoms with van der Waals surface area (Å²) in [6.45, 7) is 6.24. The van der Waals surface area contributed by atoms with Crippen LogP contribution in [-0.2, 0) is 12.8 Å². The molecule has 0 saturated carbocycles. The normalized spacial score (nSPS) is 12.4. The van der Waals surface area contributed by atoms with Crippen molar-refractivity contribution in [3.05, 3.63) is 64.5 Å². The number of aryl methyl sites for hydroxylation is 2. The van der Waals surface area contributed by atoms with Gasteiger partial charge in [0.25, 0.3) is 0 Å². The third-order valence-electron chi connectivity index (χ3n) is 3.70. The Balaban J connectivity index is 2.15. The van der Waals surface area contributed by atoms with Gasteiger partial charge in [-0.25, -0.2) is 0 Å². The number of nitrogens with zero attached hydrogens (tertiary/aromatic N) is 1. The van der Waals surface area contributed by atoms with Crippen LogP contribution in [0.25, 0.3) is 0 Å².